The average Bonchev–Trinajstić information content (AvgIpc) is 2.83. The Balaban J connectivity index is 2.56. The van der Waals surface area contributed by atoms with E-state index in [9.17, 15) is 4.79 Å². The van der Waals surface area contributed by atoms with Gasteiger partial charge >= 0.3 is 5.97 Å². The number of anilines is 2. The summed E-state index contributed by atoms with van der Waals surface area (Å²) in [6.07, 6.45) is 0. The number of nitrogens with two attached hydrogens (primary N) is 1. The zero-order valence-corrected chi connectivity index (χ0v) is 12.2. The van der Waals surface area contributed by atoms with Gasteiger partial charge in [-0.1, -0.05) is 6.07 Å². The number of carbonyl (C=O) groups is 1. The van der Waals surface area contributed by atoms with Crippen molar-refractivity contribution in [3.05, 3.63) is 29.8 Å². The fourth-order valence-corrected chi connectivity index (χ4v) is 1.96. The van der Waals surface area contributed by atoms with Crippen LogP contribution in [0, 0.1) is 0 Å². The number of esters is 1. The van der Waals surface area contributed by atoms with E-state index in [1.807, 2.05) is 25.1 Å². The second-order valence-electron chi connectivity index (χ2n) is 4.24. The van der Waals surface area contributed by atoms with Crippen LogP contribution in [0.4, 0.5) is 11.6 Å². The van der Waals surface area contributed by atoms with E-state index in [0.29, 0.717) is 23.8 Å². The second-order valence-corrected chi connectivity index (χ2v) is 4.24. The standard InChI is InChI=1S/C14H18N4O3/c1-4-16-13-11(14(19)21-3)12(15)18(17-13)9-6-5-7-10(8-9)20-2/h5-8H,4,15H2,1-3H3,(H,16,17). The molecule has 0 spiro atoms. The van der Waals surface area contributed by atoms with E-state index in [-0.39, 0.29) is 11.4 Å². The highest BCUT2D eigenvalue weighted by atomic mass is 16.5. The smallest absolute Gasteiger partial charge is 0.345 e. The van der Waals surface area contributed by atoms with Crippen molar-refractivity contribution in [1.29, 1.82) is 0 Å². The van der Waals surface area contributed by atoms with Crippen LogP contribution in [-0.4, -0.2) is 36.5 Å². The zero-order valence-electron chi connectivity index (χ0n) is 12.2. The Bertz CT molecular complexity index is 652. The number of aromatic nitrogens is 2. The lowest BCUT2D eigenvalue weighted by Gasteiger charge is -2.06. The first kappa shape index (κ1) is 14.7. The number of nitrogen functional groups attached to an aromatic ring is 1. The van der Waals surface area contributed by atoms with Crippen molar-refractivity contribution in [3.8, 4) is 11.4 Å². The molecule has 0 aliphatic heterocycles. The monoisotopic (exact) mass is 290 g/mol. The van der Waals surface area contributed by atoms with Gasteiger partial charge in [-0.25, -0.2) is 9.48 Å². The van der Waals surface area contributed by atoms with Gasteiger partial charge in [0, 0.05) is 12.6 Å². The first-order chi connectivity index (χ1) is 10.1. The summed E-state index contributed by atoms with van der Waals surface area (Å²) < 4.78 is 11.4. The van der Waals surface area contributed by atoms with E-state index in [1.165, 1.54) is 11.8 Å². The molecule has 2 aromatic rings. The summed E-state index contributed by atoms with van der Waals surface area (Å²) in [5.74, 6) is 0.750. The van der Waals surface area contributed by atoms with E-state index in [2.05, 4.69) is 10.4 Å². The Labute approximate surface area is 122 Å². The van der Waals surface area contributed by atoms with Crippen LogP contribution < -0.4 is 15.8 Å². The molecule has 0 aliphatic carbocycles. The van der Waals surface area contributed by atoms with Crippen LogP contribution in [0.25, 0.3) is 5.69 Å². The van der Waals surface area contributed by atoms with Crippen molar-refractivity contribution in [2.24, 2.45) is 0 Å². The fraction of sp³-hybridized carbons (Fsp3) is 0.286. The average molecular weight is 290 g/mol. The number of carbonyl (C=O) groups excluding carboxylic acids is 1. The topological polar surface area (TPSA) is 91.4 Å². The largest absolute Gasteiger partial charge is 0.497 e. The summed E-state index contributed by atoms with van der Waals surface area (Å²) in [5.41, 5.74) is 6.97. The van der Waals surface area contributed by atoms with Gasteiger partial charge in [0.1, 0.15) is 17.1 Å². The molecule has 21 heavy (non-hydrogen) atoms. The van der Waals surface area contributed by atoms with Gasteiger partial charge < -0.3 is 20.5 Å². The molecule has 0 radical (unpaired) electrons. The Morgan fingerprint density at radius 2 is 2.19 bits per heavy atom. The number of rotatable bonds is 5. The van der Waals surface area contributed by atoms with Crippen molar-refractivity contribution in [3.63, 3.8) is 0 Å². The Morgan fingerprint density at radius 1 is 1.43 bits per heavy atom. The molecule has 0 aliphatic rings. The van der Waals surface area contributed by atoms with Crippen molar-refractivity contribution >= 4 is 17.6 Å². The molecule has 7 nitrogen and oxygen atoms in total. The van der Waals surface area contributed by atoms with Gasteiger partial charge in [0.2, 0.25) is 0 Å². The van der Waals surface area contributed by atoms with Crippen LogP contribution in [0.3, 0.4) is 0 Å². The highest BCUT2D eigenvalue weighted by Gasteiger charge is 2.23. The van der Waals surface area contributed by atoms with Crippen LogP contribution in [0.15, 0.2) is 24.3 Å². The number of nitrogens with one attached hydrogen (secondary N) is 1. The lowest BCUT2D eigenvalue weighted by molar-refractivity contribution is 0.0603. The van der Waals surface area contributed by atoms with E-state index in [0.717, 1.165) is 0 Å². The van der Waals surface area contributed by atoms with Crippen molar-refractivity contribution in [1.82, 2.24) is 9.78 Å². The molecule has 0 atom stereocenters. The minimum atomic E-state index is -0.530. The number of ether oxygens (including phenoxy) is 2. The van der Waals surface area contributed by atoms with E-state index in [1.54, 1.807) is 13.2 Å². The second kappa shape index (κ2) is 6.17. The predicted octanol–water partition coefficient (Wildman–Crippen LogP) is 1.68. The molecule has 1 heterocycles. The van der Waals surface area contributed by atoms with Gasteiger partial charge in [-0.05, 0) is 19.1 Å². The molecule has 1 aromatic heterocycles. The van der Waals surface area contributed by atoms with E-state index >= 15 is 0 Å². The third-order valence-corrected chi connectivity index (χ3v) is 2.95. The number of benzene rings is 1. The van der Waals surface area contributed by atoms with Crippen molar-refractivity contribution in [2.45, 2.75) is 6.92 Å². The molecular formula is C14H18N4O3. The zero-order chi connectivity index (χ0) is 15.4. The molecule has 0 amide bonds. The van der Waals surface area contributed by atoms with Gasteiger partial charge in [0.15, 0.2) is 5.82 Å². The molecule has 0 saturated carbocycles. The molecule has 0 saturated heterocycles. The Hall–Kier alpha value is -2.70. The quantitative estimate of drug-likeness (QED) is 0.814. The van der Waals surface area contributed by atoms with Crippen LogP contribution in [-0.2, 0) is 4.74 Å². The molecule has 1 aromatic carbocycles. The van der Waals surface area contributed by atoms with Gasteiger partial charge in [0.05, 0.1) is 19.9 Å². The summed E-state index contributed by atoms with van der Waals surface area (Å²) in [5, 5.41) is 7.35. The van der Waals surface area contributed by atoms with Gasteiger partial charge in [-0.3, -0.25) is 0 Å². The van der Waals surface area contributed by atoms with Crippen LogP contribution in [0.1, 0.15) is 17.3 Å². The van der Waals surface area contributed by atoms with Gasteiger partial charge in [0.25, 0.3) is 0 Å². The maximum Gasteiger partial charge on any atom is 0.345 e. The van der Waals surface area contributed by atoms with Gasteiger partial charge in [-0.15, -0.1) is 5.10 Å². The Morgan fingerprint density at radius 3 is 2.81 bits per heavy atom. The highest BCUT2D eigenvalue weighted by molar-refractivity contribution is 5.99. The summed E-state index contributed by atoms with van der Waals surface area (Å²) >= 11 is 0. The third-order valence-electron chi connectivity index (χ3n) is 2.95. The Kier molecular flexibility index (Phi) is 4.32. The molecule has 0 unspecified atom stereocenters. The third kappa shape index (κ3) is 2.76. The fourth-order valence-electron chi connectivity index (χ4n) is 1.96. The summed E-state index contributed by atoms with van der Waals surface area (Å²) in [6.45, 7) is 2.51. The molecule has 112 valence electrons. The normalized spacial score (nSPS) is 10.2. The molecule has 7 heteroatoms. The van der Waals surface area contributed by atoms with Crippen molar-refractivity contribution < 1.29 is 14.3 Å². The lowest BCUT2D eigenvalue weighted by atomic mass is 10.2. The van der Waals surface area contributed by atoms with Crippen LogP contribution in [0.2, 0.25) is 0 Å². The number of hydrogen-bond donors (Lipinski definition) is 2. The van der Waals surface area contributed by atoms with Crippen LogP contribution >= 0.6 is 0 Å². The first-order valence-electron chi connectivity index (χ1n) is 6.47. The number of hydrogen-bond acceptors (Lipinski definition) is 6. The molecule has 0 fully saturated rings. The van der Waals surface area contributed by atoms with Crippen molar-refractivity contribution in [2.75, 3.05) is 31.8 Å². The summed E-state index contributed by atoms with van der Waals surface area (Å²) in [6, 6.07) is 7.23. The maximum atomic E-state index is 11.9. The molecule has 0 bridgehead atoms. The lowest BCUT2D eigenvalue weighted by Crippen LogP contribution is -2.09. The van der Waals surface area contributed by atoms with E-state index in [4.69, 9.17) is 15.2 Å². The van der Waals surface area contributed by atoms with E-state index < -0.39 is 5.97 Å². The maximum absolute atomic E-state index is 11.9. The summed E-state index contributed by atoms with van der Waals surface area (Å²) in [4.78, 5) is 11.9. The predicted molar refractivity (Wildman–Crippen MR) is 80.0 cm³/mol. The van der Waals surface area contributed by atoms with Gasteiger partial charge in [-0.2, -0.15) is 0 Å². The minimum Gasteiger partial charge on any atom is -0.497 e. The highest BCUT2D eigenvalue weighted by Crippen LogP contribution is 2.27. The first-order valence-corrected chi connectivity index (χ1v) is 6.47. The van der Waals surface area contributed by atoms with Crippen LogP contribution in [0.5, 0.6) is 5.75 Å². The molecule has 3 N–H and O–H groups in total. The SMILES string of the molecule is CCNc1nn(-c2cccc(OC)c2)c(N)c1C(=O)OC. The number of nitrogens with zero attached hydrogens (tertiary/aromatic N) is 2. The minimum absolute atomic E-state index is 0.214. The summed E-state index contributed by atoms with van der Waals surface area (Å²) in [7, 11) is 2.88. The number of methoxy groups -OCH3 is 2. The molecular weight excluding hydrogens is 272 g/mol. The molecule has 2 rings (SSSR count).